The highest BCUT2D eigenvalue weighted by Crippen LogP contribution is 2.25. The monoisotopic (exact) mass is 249 g/mol. The Labute approximate surface area is 105 Å². The van der Waals surface area contributed by atoms with E-state index < -0.39 is 12.1 Å². The second-order valence-electron chi connectivity index (χ2n) is 4.36. The number of amides is 1. The number of anilines is 1. The summed E-state index contributed by atoms with van der Waals surface area (Å²) >= 11 is 0. The van der Waals surface area contributed by atoms with Gasteiger partial charge in [-0.25, -0.2) is 9.59 Å². The number of carbonyl (C=O) groups is 2. The summed E-state index contributed by atoms with van der Waals surface area (Å²) in [5.41, 5.74) is 2.38. The normalized spacial score (nSPS) is 15.4. The molecule has 1 heterocycles. The lowest BCUT2D eigenvalue weighted by atomic mass is 10.0. The van der Waals surface area contributed by atoms with Crippen molar-refractivity contribution in [3.63, 3.8) is 0 Å². The van der Waals surface area contributed by atoms with Crippen LogP contribution in [0.5, 0.6) is 0 Å². The molecular formula is C13H15NO4. The number of ether oxygens (including phenoxy) is 1. The van der Waals surface area contributed by atoms with Gasteiger partial charge in [0.25, 0.3) is 0 Å². The summed E-state index contributed by atoms with van der Waals surface area (Å²) in [6.45, 7) is 4.57. The fraction of sp³-hybridized carbons (Fsp3) is 0.385. The molecule has 1 saturated heterocycles. The van der Waals surface area contributed by atoms with Crippen molar-refractivity contribution in [2.24, 2.45) is 0 Å². The molecule has 96 valence electrons. The highest BCUT2D eigenvalue weighted by Gasteiger charge is 2.23. The number of cyclic esters (lactones) is 1. The molecule has 1 amide bonds. The Balaban J connectivity index is 2.45. The van der Waals surface area contributed by atoms with Gasteiger partial charge in [0.2, 0.25) is 0 Å². The molecule has 1 aromatic rings. The van der Waals surface area contributed by atoms with E-state index in [2.05, 4.69) is 0 Å². The number of hydrogen-bond acceptors (Lipinski definition) is 3. The molecule has 0 unspecified atom stereocenters. The van der Waals surface area contributed by atoms with E-state index >= 15 is 0 Å². The minimum atomic E-state index is -0.983. The summed E-state index contributed by atoms with van der Waals surface area (Å²) in [6, 6.07) is 3.34. The van der Waals surface area contributed by atoms with E-state index in [0.29, 0.717) is 18.8 Å². The Hall–Kier alpha value is -2.04. The maximum atomic E-state index is 11.6. The van der Waals surface area contributed by atoms with E-state index in [1.54, 1.807) is 6.92 Å². The predicted octanol–water partition coefficient (Wildman–Crippen LogP) is 2.35. The number of hydrogen-bond donors (Lipinski definition) is 1. The molecule has 0 aliphatic carbocycles. The van der Waals surface area contributed by atoms with Gasteiger partial charge in [0, 0.05) is 12.2 Å². The van der Waals surface area contributed by atoms with Crippen LogP contribution >= 0.6 is 0 Å². The minimum absolute atomic E-state index is 0.225. The minimum Gasteiger partial charge on any atom is -0.478 e. The Bertz CT molecular complexity index is 510. The second kappa shape index (κ2) is 4.68. The lowest BCUT2D eigenvalue weighted by Gasteiger charge is -2.27. The van der Waals surface area contributed by atoms with Gasteiger partial charge < -0.3 is 9.84 Å². The van der Waals surface area contributed by atoms with Gasteiger partial charge in [0.05, 0.1) is 12.2 Å². The van der Waals surface area contributed by atoms with Crippen LogP contribution in [0.3, 0.4) is 0 Å². The van der Waals surface area contributed by atoms with Gasteiger partial charge in [-0.15, -0.1) is 0 Å². The second-order valence-corrected chi connectivity index (χ2v) is 4.36. The van der Waals surface area contributed by atoms with Crippen molar-refractivity contribution in [3.8, 4) is 0 Å². The highest BCUT2D eigenvalue weighted by atomic mass is 16.6. The van der Waals surface area contributed by atoms with Crippen molar-refractivity contribution in [1.29, 1.82) is 0 Å². The average Bonchev–Trinajstić information content (AvgIpc) is 2.33. The topological polar surface area (TPSA) is 66.8 Å². The number of carboxylic acid groups (broad SMARTS) is 1. The molecule has 0 saturated carbocycles. The molecule has 1 N–H and O–H groups in total. The maximum Gasteiger partial charge on any atom is 0.414 e. The van der Waals surface area contributed by atoms with E-state index in [-0.39, 0.29) is 5.56 Å². The van der Waals surface area contributed by atoms with Gasteiger partial charge in [-0.1, -0.05) is 0 Å². The van der Waals surface area contributed by atoms with Crippen LogP contribution in [0, 0.1) is 13.8 Å². The van der Waals surface area contributed by atoms with Crippen LogP contribution in [0.4, 0.5) is 10.5 Å². The number of carboxylic acids is 1. The number of carbonyl (C=O) groups excluding carboxylic acids is 1. The van der Waals surface area contributed by atoms with Crippen LogP contribution in [-0.2, 0) is 4.74 Å². The van der Waals surface area contributed by atoms with Crippen molar-refractivity contribution in [1.82, 2.24) is 0 Å². The number of nitrogens with zero attached hydrogens (tertiary/aromatic N) is 1. The first-order valence-electron chi connectivity index (χ1n) is 5.79. The lowest BCUT2D eigenvalue weighted by Crippen LogP contribution is -2.37. The number of benzene rings is 1. The molecule has 2 rings (SSSR count). The van der Waals surface area contributed by atoms with Crippen molar-refractivity contribution >= 4 is 17.7 Å². The van der Waals surface area contributed by atoms with Crippen LogP contribution < -0.4 is 4.90 Å². The fourth-order valence-electron chi connectivity index (χ4n) is 2.00. The molecule has 5 nitrogen and oxygen atoms in total. The molecule has 0 spiro atoms. The van der Waals surface area contributed by atoms with Gasteiger partial charge in [0.1, 0.15) is 0 Å². The van der Waals surface area contributed by atoms with Crippen molar-refractivity contribution in [2.45, 2.75) is 20.3 Å². The Morgan fingerprint density at radius 2 is 2.11 bits per heavy atom. The summed E-state index contributed by atoms with van der Waals surface area (Å²) in [7, 11) is 0. The summed E-state index contributed by atoms with van der Waals surface area (Å²) in [5, 5.41) is 9.14. The third-order valence-electron chi connectivity index (χ3n) is 3.17. The van der Waals surface area contributed by atoms with Crippen molar-refractivity contribution in [2.75, 3.05) is 18.1 Å². The highest BCUT2D eigenvalue weighted by molar-refractivity contribution is 5.94. The molecule has 18 heavy (non-hydrogen) atoms. The SMILES string of the molecule is Cc1cc(N2CCCOC2=O)cc(C(=O)O)c1C. The first-order chi connectivity index (χ1) is 8.50. The van der Waals surface area contributed by atoms with E-state index in [0.717, 1.165) is 17.5 Å². The van der Waals surface area contributed by atoms with Gasteiger partial charge in [-0.05, 0) is 43.5 Å². The molecule has 0 radical (unpaired) electrons. The van der Waals surface area contributed by atoms with Crippen LogP contribution in [0.25, 0.3) is 0 Å². The standard InChI is InChI=1S/C13H15NO4/c1-8-6-10(7-11(9(8)2)12(15)16)14-4-3-5-18-13(14)17/h6-7H,3-5H2,1-2H3,(H,15,16). The fourth-order valence-corrected chi connectivity index (χ4v) is 2.00. The van der Waals surface area contributed by atoms with E-state index in [1.165, 1.54) is 11.0 Å². The van der Waals surface area contributed by atoms with E-state index in [4.69, 9.17) is 9.84 Å². The number of rotatable bonds is 2. The predicted molar refractivity (Wildman–Crippen MR) is 66.2 cm³/mol. The van der Waals surface area contributed by atoms with E-state index in [1.807, 2.05) is 13.0 Å². The molecule has 1 aliphatic rings. The Morgan fingerprint density at radius 1 is 1.39 bits per heavy atom. The third-order valence-corrected chi connectivity index (χ3v) is 3.17. The molecule has 0 aromatic heterocycles. The largest absolute Gasteiger partial charge is 0.478 e. The van der Waals surface area contributed by atoms with Crippen LogP contribution in [0.2, 0.25) is 0 Å². The third kappa shape index (κ3) is 2.16. The summed E-state index contributed by atoms with van der Waals surface area (Å²) in [6.07, 6.45) is 0.335. The molecule has 1 fully saturated rings. The van der Waals surface area contributed by atoms with Gasteiger partial charge in [-0.2, -0.15) is 0 Å². The van der Waals surface area contributed by atoms with Crippen LogP contribution in [-0.4, -0.2) is 30.3 Å². The van der Waals surface area contributed by atoms with Gasteiger partial charge in [-0.3, -0.25) is 4.90 Å². The molecule has 0 atom stereocenters. The molecule has 1 aliphatic heterocycles. The van der Waals surface area contributed by atoms with Crippen LogP contribution in [0.15, 0.2) is 12.1 Å². The summed E-state index contributed by atoms with van der Waals surface area (Å²) < 4.78 is 4.95. The molecule has 5 heteroatoms. The molecule has 1 aromatic carbocycles. The van der Waals surface area contributed by atoms with Gasteiger partial charge in [0.15, 0.2) is 0 Å². The lowest BCUT2D eigenvalue weighted by molar-refractivity contribution is 0.0695. The summed E-state index contributed by atoms with van der Waals surface area (Å²) in [4.78, 5) is 24.3. The zero-order valence-corrected chi connectivity index (χ0v) is 10.4. The van der Waals surface area contributed by atoms with Crippen molar-refractivity contribution in [3.05, 3.63) is 28.8 Å². The number of aromatic carboxylic acids is 1. The van der Waals surface area contributed by atoms with Gasteiger partial charge >= 0.3 is 12.1 Å². The van der Waals surface area contributed by atoms with E-state index in [9.17, 15) is 9.59 Å². The molecule has 0 bridgehead atoms. The molecular weight excluding hydrogens is 234 g/mol. The quantitative estimate of drug-likeness (QED) is 0.873. The first kappa shape index (κ1) is 12.4. The Kier molecular flexibility index (Phi) is 3.23. The number of aryl methyl sites for hydroxylation is 1. The van der Waals surface area contributed by atoms with Crippen LogP contribution in [0.1, 0.15) is 27.9 Å². The zero-order chi connectivity index (χ0) is 13.3. The summed E-state index contributed by atoms with van der Waals surface area (Å²) in [5.74, 6) is -0.983. The zero-order valence-electron chi connectivity index (χ0n) is 10.4. The smallest absolute Gasteiger partial charge is 0.414 e. The Morgan fingerprint density at radius 3 is 2.72 bits per heavy atom. The first-order valence-corrected chi connectivity index (χ1v) is 5.79. The maximum absolute atomic E-state index is 11.6. The van der Waals surface area contributed by atoms with Crippen molar-refractivity contribution < 1.29 is 19.4 Å². The average molecular weight is 249 g/mol.